The normalized spacial score (nSPS) is 14.3. The summed E-state index contributed by atoms with van der Waals surface area (Å²) in [5.74, 6) is -0.253. The van der Waals surface area contributed by atoms with Gasteiger partial charge in [0.15, 0.2) is 5.11 Å². The molecule has 1 fully saturated rings. The van der Waals surface area contributed by atoms with Crippen LogP contribution in [-0.4, -0.2) is 31.4 Å². The Balaban J connectivity index is 1.71. The second-order valence-electron chi connectivity index (χ2n) is 5.66. The third kappa shape index (κ3) is 4.01. The minimum absolute atomic E-state index is 0.253. The largest absolute Gasteiger partial charge is 0.378 e. The summed E-state index contributed by atoms with van der Waals surface area (Å²) in [5, 5.41) is 6.66. The Morgan fingerprint density at radius 1 is 1.12 bits per heavy atom. The lowest BCUT2D eigenvalue weighted by Gasteiger charge is -2.30. The number of hydrogen-bond acceptors (Lipinski definition) is 3. The van der Waals surface area contributed by atoms with E-state index in [4.69, 9.17) is 17.0 Å². The lowest BCUT2D eigenvalue weighted by Crippen LogP contribution is -2.36. The molecule has 1 aliphatic heterocycles. The number of hydrogen-bond donors (Lipinski definition) is 2. The van der Waals surface area contributed by atoms with Gasteiger partial charge in [-0.2, -0.15) is 0 Å². The van der Waals surface area contributed by atoms with Gasteiger partial charge in [0, 0.05) is 18.8 Å². The number of thiocarbonyl (C=S) groups is 1. The minimum Gasteiger partial charge on any atom is -0.378 e. The van der Waals surface area contributed by atoms with Crippen molar-refractivity contribution in [2.75, 3.05) is 41.8 Å². The van der Waals surface area contributed by atoms with Crippen molar-refractivity contribution in [3.8, 4) is 0 Å². The van der Waals surface area contributed by atoms with E-state index in [-0.39, 0.29) is 5.82 Å². The van der Waals surface area contributed by atoms with Crippen LogP contribution in [-0.2, 0) is 4.74 Å². The molecule has 0 bridgehead atoms. The topological polar surface area (TPSA) is 36.5 Å². The molecule has 3 rings (SSSR count). The second-order valence-corrected chi connectivity index (χ2v) is 6.07. The van der Waals surface area contributed by atoms with E-state index < -0.39 is 0 Å². The van der Waals surface area contributed by atoms with Gasteiger partial charge < -0.3 is 20.3 Å². The Hall–Kier alpha value is -2.18. The van der Waals surface area contributed by atoms with Crippen molar-refractivity contribution >= 4 is 34.4 Å². The molecule has 0 saturated carbocycles. The van der Waals surface area contributed by atoms with Gasteiger partial charge in [0.05, 0.1) is 24.6 Å². The number of ether oxygens (including phenoxy) is 1. The summed E-state index contributed by atoms with van der Waals surface area (Å²) in [6.07, 6.45) is 0. The second kappa shape index (κ2) is 7.59. The minimum atomic E-state index is -0.253. The Morgan fingerprint density at radius 3 is 2.62 bits per heavy atom. The van der Waals surface area contributed by atoms with Gasteiger partial charge >= 0.3 is 0 Å². The molecule has 0 unspecified atom stereocenters. The van der Waals surface area contributed by atoms with E-state index in [0.717, 1.165) is 37.7 Å². The van der Waals surface area contributed by atoms with E-state index >= 15 is 0 Å². The lowest BCUT2D eigenvalue weighted by molar-refractivity contribution is 0.123. The zero-order valence-electron chi connectivity index (χ0n) is 13.5. The average Bonchev–Trinajstić information content (AvgIpc) is 2.59. The van der Waals surface area contributed by atoms with Gasteiger partial charge in [0.25, 0.3) is 0 Å². The number of nitrogens with one attached hydrogen (secondary N) is 2. The van der Waals surface area contributed by atoms with Crippen LogP contribution in [0.15, 0.2) is 42.5 Å². The predicted octanol–water partition coefficient (Wildman–Crippen LogP) is 3.78. The van der Waals surface area contributed by atoms with Crippen molar-refractivity contribution in [1.82, 2.24) is 0 Å². The maximum absolute atomic E-state index is 13.6. The quantitative estimate of drug-likeness (QED) is 0.828. The van der Waals surface area contributed by atoms with E-state index in [0.29, 0.717) is 16.4 Å². The summed E-state index contributed by atoms with van der Waals surface area (Å²) in [6, 6.07) is 13.0. The van der Waals surface area contributed by atoms with Gasteiger partial charge in [0.1, 0.15) is 5.82 Å². The Labute approximate surface area is 146 Å². The van der Waals surface area contributed by atoms with Crippen LogP contribution in [0.2, 0.25) is 0 Å². The van der Waals surface area contributed by atoms with Crippen molar-refractivity contribution in [3.63, 3.8) is 0 Å². The highest BCUT2D eigenvalue weighted by atomic mass is 32.1. The summed E-state index contributed by atoms with van der Waals surface area (Å²) in [6.45, 7) is 4.87. The third-order valence-electron chi connectivity index (χ3n) is 3.93. The van der Waals surface area contributed by atoms with E-state index in [9.17, 15) is 4.39 Å². The fourth-order valence-corrected chi connectivity index (χ4v) is 2.84. The van der Waals surface area contributed by atoms with Crippen molar-refractivity contribution < 1.29 is 9.13 Å². The molecule has 6 heteroatoms. The van der Waals surface area contributed by atoms with Crippen LogP contribution < -0.4 is 15.5 Å². The highest BCUT2D eigenvalue weighted by Gasteiger charge is 2.15. The van der Waals surface area contributed by atoms with Gasteiger partial charge in [-0.05, 0) is 49.0 Å². The van der Waals surface area contributed by atoms with Gasteiger partial charge in [-0.25, -0.2) is 4.39 Å². The Bertz CT molecular complexity index is 732. The van der Waals surface area contributed by atoms with Crippen molar-refractivity contribution in [2.45, 2.75) is 6.92 Å². The monoisotopic (exact) mass is 345 g/mol. The molecule has 1 heterocycles. The molecule has 0 aliphatic carbocycles. The molecule has 1 saturated heterocycles. The Morgan fingerprint density at radius 2 is 1.88 bits per heavy atom. The van der Waals surface area contributed by atoms with Crippen molar-refractivity contribution in [1.29, 1.82) is 0 Å². The number of para-hydroxylation sites is 2. The number of morpholine rings is 1. The number of rotatable bonds is 3. The molecular weight excluding hydrogens is 325 g/mol. The molecular formula is C18H20FN3OS. The van der Waals surface area contributed by atoms with E-state index in [1.54, 1.807) is 19.1 Å². The SMILES string of the molecule is Cc1ccc(NC(=S)Nc2ccccc2N2CCOCC2)cc1F. The first kappa shape index (κ1) is 16.7. The van der Waals surface area contributed by atoms with Crippen molar-refractivity contribution in [2.24, 2.45) is 0 Å². The fourth-order valence-electron chi connectivity index (χ4n) is 2.61. The summed E-state index contributed by atoms with van der Waals surface area (Å²) in [5.41, 5.74) is 3.24. The summed E-state index contributed by atoms with van der Waals surface area (Å²) in [7, 11) is 0. The van der Waals surface area contributed by atoms with Gasteiger partial charge in [-0.3, -0.25) is 0 Å². The molecule has 126 valence electrons. The van der Waals surface area contributed by atoms with Crippen LogP contribution >= 0.6 is 12.2 Å². The first-order valence-electron chi connectivity index (χ1n) is 7.89. The molecule has 2 N–H and O–H groups in total. The molecule has 0 amide bonds. The third-order valence-corrected chi connectivity index (χ3v) is 4.14. The molecule has 4 nitrogen and oxygen atoms in total. The molecule has 24 heavy (non-hydrogen) atoms. The van der Waals surface area contributed by atoms with Crippen LogP contribution in [0.3, 0.4) is 0 Å². The fraction of sp³-hybridized carbons (Fsp3) is 0.278. The van der Waals surface area contributed by atoms with Crippen LogP contribution in [0.1, 0.15) is 5.56 Å². The summed E-state index contributed by atoms with van der Waals surface area (Å²) >= 11 is 5.37. The maximum atomic E-state index is 13.6. The molecule has 1 aliphatic rings. The first-order chi connectivity index (χ1) is 11.6. The van der Waals surface area contributed by atoms with E-state index in [1.807, 2.05) is 18.2 Å². The summed E-state index contributed by atoms with van der Waals surface area (Å²) in [4.78, 5) is 2.26. The maximum Gasteiger partial charge on any atom is 0.175 e. The van der Waals surface area contributed by atoms with Crippen LogP contribution in [0.4, 0.5) is 21.5 Å². The lowest BCUT2D eigenvalue weighted by atomic mass is 10.2. The zero-order valence-corrected chi connectivity index (χ0v) is 14.3. The molecule has 0 spiro atoms. The van der Waals surface area contributed by atoms with Gasteiger partial charge in [-0.15, -0.1) is 0 Å². The summed E-state index contributed by atoms with van der Waals surface area (Å²) < 4.78 is 19.0. The number of benzene rings is 2. The average molecular weight is 345 g/mol. The molecule has 0 radical (unpaired) electrons. The predicted molar refractivity (Wildman–Crippen MR) is 100 cm³/mol. The zero-order chi connectivity index (χ0) is 16.9. The van der Waals surface area contributed by atoms with E-state index in [2.05, 4.69) is 21.6 Å². The molecule has 2 aromatic rings. The number of aryl methyl sites for hydroxylation is 1. The van der Waals surface area contributed by atoms with Crippen LogP contribution in [0.5, 0.6) is 0 Å². The van der Waals surface area contributed by atoms with Gasteiger partial charge in [-0.1, -0.05) is 18.2 Å². The number of halogens is 1. The Kier molecular flexibility index (Phi) is 5.27. The van der Waals surface area contributed by atoms with Crippen LogP contribution in [0.25, 0.3) is 0 Å². The molecule has 0 aromatic heterocycles. The highest BCUT2D eigenvalue weighted by Crippen LogP contribution is 2.26. The standard InChI is InChI=1S/C18H20FN3OS/c1-13-6-7-14(12-15(13)19)20-18(24)21-16-4-2-3-5-17(16)22-8-10-23-11-9-22/h2-7,12H,8-11H2,1H3,(H2,20,21,24). The number of anilines is 3. The smallest absolute Gasteiger partial charge is 0.175 e. The molecule has 0 atom stereocenters. The van der Waals surface area contributed by atoms with E-state index in [1.165, 1.54) is 6.07 Å². The molecule has 2 aromatic carbocycles. The highest BCUT2D eigenvalue weighted by molar-refractivity contribution is 7.80. The van der Waals surface area contributed by atoms with Crippen molar-refractivity contribution in [3.05, 3.63) is 53.8 Å². The van der Waals surface area contributed by atoms with Gasteiger partial charge in [0.2, 0.25) is 0 Å². The number of nitrogens with zero attached hydrogens (tertiary/aromatic N) is 1. The first-order valence-corrected chi connectivity index (χ1v) is 8.30. The van der Waals surface area contributed by atoms with Crippen LogP contribution in [0, 0.1) is 12.7 Å².